The van der Waals surface area contributed by atoms with Crippen LogP contribution in [0.25, 0.3) is 0 Å². The molecule has 0 rings (SSSR count). The summed E-state index contributed by atoms with van der Waals surface area (Å²) in [6, 6.07) is 0. The van der Waals surface area contributed by atoms with Crippen LogP contribution in [0, 0.1) is 0 Å². The molecule has 1 heteroatoms. The molecule has 0 nitrogen and oxygen atoms in total. The van der Waals surface area contributed by atoms with Gasteiger partial charge in [-0.3, -0.25) is 0 Å². The Morgan fingerprint density at radius 3 is 2.15 bits per heavy atom. The van der Waals surface area contributed by atoms with Crippen molar-refractivity contribution < 1.29 is 0 Å². The van der Waals surface area contributed by atoms with Crippen LogP contribution in [0.1, 0.15) is 58.3 Å². The van der Waals surface area contributed by atoms with E-state index in [2.05, 4.69) is 35.0 Å². The van der Waals surface area contributed by atoms with Gasteiger partial charge in [0, 0.05) is 5.33 Å². The van der Waals surface area contributed by atoms with Crippen molar-refractivity contribution in [3.63, 3.8) is 0 Å². The van der Waals surface area contributed by atoms with Gasteiger partial charge < -0.3 is 0 Å². The highest BCUT2D eigenvalue weighted by Crippen LogP contribution is 2.07. The highest BCUT2D eigenvalue weighted by atomic mass is 79.9. The zero-order chi connectivity index (χ0) is 9.78. The standard InChI is InChI=1S/C12H23Br/c1-2-3-4-5-6-7-8-9-10-11-12-13/h9-10H,2-8,11-12H2,1H3/b10-9+. The molecule has 0 N–H and O–H groups in total. The summed E-state index contributed by atoms with van der Waals surface area (Å²) >= 11 is 3.41. The average Bonchev–Trinajstić information content (AvgIpc) is 2.16. The van der Waals surface area contributed by atoms with E-state index in [0.717, 1.165) is 5.33 Å². The fraction of sp³-hybridized carbons (Fsp3) is 0.833. The number of alkyl halides is 1. The topological polar surface area (TPSA) is 0 Å². The second-order valence-corrected chi connectivity index (χ2v) is 4.30. The number of hydrogen-bond donors (Lipinski definition) is 0. The molecule has 0 aromatic heterocycles. The number of halogens is 1. The lowest BCUT2D eigenvalue weighted by Crippen LogP contribution is -1.77. The molecule has 0 radical (unpaired) electrons. The van der Waals surface area contributed by atoms with Gasteiger partial charge in [-0.15, -0.1) is 0 Å². The first kappa shape index (κ1) is 13.2. The van der Waals surface area contributed by atoms with E-state index < -0.39 is 0 Å². The van der Waals surface area contributed by atoms with Crippen molar-refractivity contribution in [2.75, 3.05) is 5.33 Å². The maximum absolute atomic E-state index is 3.41. The van der Waals surface area contributed by atoms with Crippen LogP contribution in [0.15, 0.2) is 12.2 Å². The number of unbranched alkanes of at least 4 members (excludes halogenated alkanes) is 6. The maximum Gasteiger partial charge on any atom is 0.00659 e. The smallest absolute Gasteiger partial charge is 0.00659 e. The molecule has 0 saturated carbocycles. The Morgan fingerprint density at radius 1 is 0.846 bits per heavy atom. The molecule has 0 aliphatic carbocycles. The predicted octanol–water partition coefficient (Wildman–Crippen LogP) is 5.08. The highest BCUT2D eigenvalue weighted by Gasteiger charge is 1.87. The monoisotopic (exact) mass is 246 g/mol. The molecule has 0 fully saturated rings. The predicted molar refractivity (Wildman–Crippen MR) is 65.5 cm³/mol. The van der Waals surface area contributed by atoms with Crippen LogP contribution >= 0.6 is 15.9 Å². The fourth-order valence-corrected chi connectivity index (χ4v) is 1.61. The molecule has 0 atom stereocenters. The van der Waals surface area contributed by atoms with Crippen molar-refractivity contribution in [3.05, 3.63) is 12.2 Å². The Hall–Kier alpha value is 0.220. The minimum Gasteiger partial charge on any atom is -0.0925 e. The van der Waals surface area contributed by atoms with E-state index >= 15 is 0 Å². The first-order chi connectivity index (χ1) is 6.41. The van der Waals surface area contributed by atoms with E-state index in [9.17, 15) is 0 Å². The molecule has 13 heavy (non-hydrogen) atoms. The Morgan fingerprint density at radius 2 is 1.46 bits per heavy atom. The van der Waals surface area contributed by atoms with Gasteiger partial charge in [-0.1, -0.05) is 67.1 Å². The molecule has 0 aromatic carbocycles. The highest BCUT2D eigenvalue weighted by molar-refractivity contribution is 9.09. The van der Waals surface area contributed by atoms with Crippen LogP contribution in [0.5, 0.6) is 0 Å². The van der Waals surface area contributed by atoms with Crippen LogP contribution in [-0.2, 0) is 0 Å². The molecular formula is C12H23Br. The van der Waals surface area contributed by atoms with Crippen LogP contribution in [0.3, 0.4) is 0 Å². The van der Waals surface area contributed by atoms with E-state index in [-0.39, 0.29) is 0 Å². The Kier molecular flexibility index (Phi) is 12.4. The van der Waals surface area contributed by atoms with Gasteiger partial charge in [0.05, 0.1) is 0 Å². The van der Waals surface area contributed by atoms with Gasteiger partial charge in [-0.25, -0.2) is 0 Å². The largest absolute Gasteiger partial charge is 0.0925 e. The fourth-order valence-electron chi connectivity index (χ4n) is 1.34. The van der Waals surface area contributed by atoms with Gasteiger partial charge in [0.1, 0.15) is 0 Å². The lowest BCUT2D eigenvalue weighted by molar-refractivity contribution is 0.611. The summed E-state index contributed by atoms with van der Waals surface area (Å²) in [4.78, 5) is 0. The summed E-state index contributed by atoms with van der Waals surface area (Å²) in [6.45, 7) is 2.27. The molecule has 0 aliphatic heterocycles. The van der Waals surface area contributed by atoms with Crippen molar-refractivity contribution in [1.29, 1.82) is 0 Å². The molecule has 0 aliphatic rings. The van der Waals surface area contributed by atoms with Crippen molar-refractivity contribution in [3.8, 4) is 0 Å². The first-order valence-electron chi connectivity index (χ1n) is 5.62. The molecule has 0 spiro atoms. The molecule has 0 heterocycles. The average molecular weight is 247 g/mol. The number of hydrogen-bond acceptors (Lipinski definition) is 0. The van der Waals surface area contributed by atoms with E-state index in [4.69, 9.17) is 0 Å². The maximum atomic E-state index is 3.41. The first-order valence-corrected chi connectivity index (χ1v) is 6.75. The molecule has 0 bridgehead atoms. The zero-order valence-electron chi connectivity index (χ0n) is 8.90. The second kappa shape index (κ2) is 12.2. The quantitative estimate of drug-likeness (QED) is 0.303. The third kappa shape index (κ3) is 12.2. The van der Waals surface area contributed by atoms with Gasteiger partial charge in [0.25, 0.3) is 0 Å². The normalized spacial score (nSPS) is 11.2. The Balaban J connectivity index is 2.91. The van der Waals surface area contributed by atoms with Crippen LogP contribution in [-0.4, -0.2) is 5.33 Å². The summed E-state index contributed by atoms with van der Waals surface area (Å²) in [5, 5.41) is 1.10. The third-order valence-corrected chi connectivity index (χ3v) is 2.62. The minimum absolute atomic E-state index is 1.10. The minimum atomic E-state index is 1.10. The van der Waals surface area contributed by atoms with Crippen LogP contribution < -0.4 is 0 Å². The number of allylic oxidation sites excluding steroid dienone is 2. The summed E-state index contributed by atoms with van der Waals surface area (Å²) in [5.41, 5.74) is 0. The summed E-state index contributed by atoms with van der Waals surface area (Å²) in [6.07, 6.45) is 15.5. The molecule has 0 aromatic rings. The van der Waals surface area contributed by atoms with Gasteiger partial charge in [-0.05, 0) is 19.3 Å². The van der Waals surface area contributed by atoms with E-state index in [0.29, 0.717) is 0 Å². The molecule has 0 unspecified atom stereocenters. The number of rotatable bonds is 9. The van der Waals surface area contributed by atoms with E-state index in [1.165, 1.54) is 51.4 Å². The molecule has 0 saturated heterocycles. The summed E-state index contributed by atoms with van der Waals surface area (Å²) in [5.74, 6) is 0. The van der Waals surface area contributed by atoms with Crippen molar-refractivity contribution >= 4 is 15.9 Å². The summed E-state index contributed by atoms with van der Waals surface area (Å²) in [7, 11) is 0. The third-order valence-electron chi connectivity index (χ3n) is 2.17. The van der Waals surface area contributed by atoms with Gasteiger partial charge in [0.15, 0.2) is 0 Å². The van der Waals surface area contributed by atoms with E-state index in [1.807, 2.05) is 0 Å². The molecule has 78 valence electrons. The second-order valence-electron chi connectivity index (χ2n) is 3.51. The molecular weight excluding hydrogens is 224 g/mol. The Labute approximate surface area is 91.9 Å². The molecule has 0 amide bonds. The van der Waals surface area contributed by atoms with Crippen LogP contribution in [0.2, 0.25) is 0 Å². The van der Waals surface area contributed by atoms with Crippen molar-refractivity contribution in [2.24, 2.45) is 0 Å². The van der Waals surface area contributed by atoms with Gasteiger partial charge in [-0.2, -0.15) is 0 Å². The van der Waals surface area contributed by atoms with Crippen LogP contribution in [0.4, 0.5) is 0 Å². The van der Waals surface area contributed by atoms with Crippen molar-refractivity contribution in [2.45, 2.75) is 58.3 Å². The van der Waals surface area contributed by atoms with E-state index in [1.54, 1.807) is 0 Å². The van der Waals surface area contributed by atoms with Gasteiger partial charge >= 0.3 is 0 Å². The van der Waals surface area contributed by atoms with Crippen molar-refractivity contribution in [1.82, 2.24) is 0 Å². The lowest BCUT2D eigenvalue weighted by Gasteiger charge is -1.97. The zero-order valence-corrected chi connectivity index (χ0v) is 10.5. The van der Waals surface area contributed by atoms with Gasteiger partial charge in [0.2, 0.25) is 0 Å². The Bertz CT molecular complexity index is 108. The lowest BCUT2D eigenvalue weighted by atomic mass is 10.1. The SMILES string of the molecule is CCCCCCCC/C=C/CCBr. The summed E-state index contributed by atoms with van der Waals surface area (Å²) < 4.78 is 0.